The van der Waals surface area contributed by atoms with E-state index >= 15 is 0 Å². The molecule has 0 aliphatic carbocycles. The first-order chi connectivity index (χ1) is 15.0. The summed E-state index contributed by atoms with van der Waals surface area (Å²) in [5.41, 5.74) is 9.92. The Morgan fingerprint density at radius 2 is 1.94 bits per heavy atom. The average Bonchev–Trinajstić information content (AvgIpc) is 3.16. The molecule has 0 spiro atoms. The number of aliphatic hydroxyl groups excluding tert-OH is 1. The minimum absolute atomic E-state index is 0.0579. The summed E-state index contributed by atoms with van der Waals surface area (Å²) in [7, 11) is 2.12. The van der Waals surface area contributed by atoms with Crippen molar-refractivity contribution in [3.8, 4) is 6.01 Å². The first-order valence-corrected chi connectivity index (χ1v) is 11.1. The molecule has 0 amide bonds. The van der Waals surface area contributed by atoms with E-state index < -0.39 is 0 Å². The molecule has 3 rings (SSSR count). The van der Waals surface area contributed by atoms with E-state index in [1.165, 1.54) is 24.1 Å². The molecule has 0 aliphatic heterocycles. The highest BCUT2D eigenvalue weighted by molar-refractivity contribution is 5.60. The van der Waals surface area contributed by atoms with Crippen LogP contribution in [0.3, 0.4) is 0 Å². The van der Waals surface area contributed by atoms with Gasteiger partial charge in [-0.15, -0.1) is 5.10 Å². The van der Waals surface area contributed by atoms with Crippen LogP contribution in [-0.2, 0) is 6.42 Å². The fourth-order valence-electron chi connectivity index (χ4n) is 3.58. The van der Waals surface area contributed by atoms with E-state index in [0.29, 0.717) is 18.5 Å². The summed E-state index contributed by atoms with van der Waals surface area (Å²) in [6.45, 7) is 5.39. The van der Waals surface area contributed by atoms with Crippen LogP contribution in [0.5, 0.6) is 6.01 Å². The van der Waals surface area contributed by atoms with Gasteiger partial charge in [0.15, 0.2) is 11.5 Å². The van der Waals surface area contributed by atoms with Gasteiger partial charge in [0.25, 0.3) is 0 Å². The Balaban J connectivity index is 1.78. The number of imidazole rings is 1. The van der Waals surface area contributed by atoms with Crippen molar-refractivity contribution >= 4 is 17.2 Å². The summed E-state index contributed by atoms with van der Waals surface area (Å²) in [6, 6.07) is 8.78. The SMILES string of the molecule is CCCCN(C)c1ccc(Cc2cnc3c(N)nc(OC(CCC)CCO)nn23)cc1. The lowest BCUT2D eigenvalue weighted by Crippen LogP contribution is -2.20. The summed E-state index contributed by atoms with van der Waals surface area (Å²) in [4.78, 5) is 10.9. The van der Waals surface area contributed by atoms with Gasteiger partial charge in [-0.1, -0.05) is 38.8 Å². The highest BCUT2D eigenvalue weighted by Crippen LogP contribution is 2.20. The third kappa shape index (κ3) is 5.85. The molecule has 3 aromatic rings. The van der Waals surface area contributed by atoms with E-state index in [4.69, 9.17) is 10.5 Å². The second kappa shape index (κ2) is 10.9. The van der Waals surface area contributed by atoms with Crippen LogP contribution in [0.2, 0.25) is 0 Å². The Bertz CT molecular complexity index is 951. The second-order valence-corrected chi connectivity index (χ2v) is 7.92. The molecule has 0 radical (unpaired) electrons. The monoisotopic (exact) mass is 426 g/mol. The Kier molecular flexibility index (Phi) is 8.06. The lowest BCUT2D eigenvalue weighted by Gasteiger charge is -2.19. The normalized spacial score (nSPS) is 12.3. The quantitative estimate of drug-likeness (QED) is 0.457. The summed E-state index contributed by atoms with van der Waals surface area (Å²) in [6.07, 6.45) is 6.98. The molecule has 0 saturated heterocycles. The van der Waals surface area contributed by atoms with E-state index in [2.05, 4.69) is 65.1 Å². The Morgan fingerprint density at radius 1 is 1.16 bits per heavy atom. The Hall–Kier alpha value is -2.87. The van der Waals surface area contributed by atoms with Crippen LogP contribution in [0, 0.1) is 0 Å². The van der Waals surface area contributed by atoms with Crippen molar-refractivity contribution in [2.75, 3.05) is 30.8 Å². The number of ether oxygens (including phenoxy) is 1. The highest BCUT2D eigenvalue weighted by atomic mass is 16.5. The van der Waals surface area contributed by atoms with Crippen LogP contribution < -0.4 is 15.4 Å². The van der Waals surface area contributed by atoms with Gasteiger partial charge in [0, 0.05) is 38.7 Å². The fraction of sp³-hybridized carbons (Fsp3) is 0.522. The predicted molar refractivity (Wildman–Crippen MR) is 124 cm³/mol. The molecule has 1 unspecified atom stereocenters. The average molecular weight is 427 g/mol. The van der Waals surface area contributed by atoms with Crippen molar-refractivity contribution in [3.05, 3.63) is 41.7 Å². The molecule has 1 atom stereocenters. The standard InChI is InChI=1S/C23H34N6O2/c1-4-6-13-28(3)18-10-8-17(9-11-18)15-19-16-25-22-21(24)26-23(27-29(19)22)31-20(7-5-2)12-14-30/h8-11,16,20,30H,4-7,12-15H2,1-3H3,(H2,24,26,27). The number of hydrogen-bond donors (Lipinski definition) is 2. The molecule has 8 nitrogen and oxygen atoms in total. The van der Waals surface area contributed by atoms with Gasteiger partial charge >= 0.3 is 6.01 Å². The molecule has 0 saturated carbocycles. The molecule has 168 valence electrons. The molecule has 3 N–H and O–H groups in total. The number of aromatic nitrogens is 4. The smallest absolute Gasteiger partial charge is 0.336 e. The van der Waals surface area contributed by atoms with Crippen LogP contribution in [0.15, 0.2) is 30.5 Å². The van der Waals surface area contributed by atoms with Gasteiger partial charge in [-0.05, 0) is 30.5 Å². The number of fused-ring (bicyclic) bond motifs is 1. The molecule has 0 bridgehead atoms. The fourth-order valence-corrected chi connectivity index (χ4v) is 3.58. The Labute approximate surface area is 184 Å². The summed E-state index contributed by atoms with van der Waals surface area (Å²) >= 11 is 0. The van der Waals surface area contributed by atoms with Gasteiger partial charge in [0.1, 0.15) is 6.10 Å². The number of nitrogens with zero attached hydrogens (tertiary/aromatic N) is 5. The van der Waals surface area contributed by atoms with Crippen LogP contribution in [0.4, 0.5) is 11.5 Å². The number of rotatable bonds is 12. The van der Waals surface area contributed by atoms with Crippen LogP contribution in [-0.4, -0.2) is 51.0 Å². The topological polar surface area (TPSA) is 102 Å². The molecule has 2 aromatic heterocycles. The number of aliphatic hydroxyl groups is 1. The maximum Gasteiger partial charge on any atom is 0.336 e. The van der Waals surface area contributed by atoms with Crippen LogP contribution in [0.1, 0.15) is 57.2 Å². The van der Waals surface area contributed by atoms with Crippen molar-refractivity contribution in [1.82, 2.24) is 19.6 Å². The Morgan fingerprint density at radius 3 is 2.61 bits per heavy atom. The minimum Gasteiger partial charge on any atom is -0.459 e. The van der Waals surface area contributed by atoms with Gasteiger partial charge in [-0.25, -0.2) is 9.50 Å². The number of benzene rings is 1. The van der Waals surface area contributed by atoms with Gasteiger partial charge < -0.3 is 20.5 Å². The molecule has 0 fully saturated rings. The highest BCUT2D eigenvalue weighted by Gasteiger charge is 2.16. The van der Waals surface area contributed by atoms with E-state index in [0.717, 1.165) is 25.1 Å². The molecule has 1 aromatic carbocycles. The third-order valence-electron chi connectivity index (χ3n) is 5.38. The summed E-state index contributed by atoms with van der Waals surface area (Å²) in [5.74, 6) is 0.281. The number of unbranched alkanes of at least 4 members (excludes halogenated alkanes) is 1. The molecular formula is C23H34N6O2. The van der Waals surface area contributed by atoms with Crippen molar-refractivity contribution < 1.29 is 9.84 Å². The minimum atomic E-state index is -0.143. The van der Waals surface area contributed by atoms with Crippen molar-refractivity contribution in [2.45, 2.75) is 58.5 Å². The molecular weight excluding hydrogens is 392 g/mol. The molecule has 8 heteroatoms. The molecule has 2 heterocycles. The maximum absolute atomic E-state index is 9.28. The number of anilines is 2. The molecule has 0 aliphatic rings. The molecule has 31 heavy (non-hydrogen) atoms. The zero-order valence-corrected chi connectivity index (χ0v) is 18.8. The number of hydrogen-bond acceptors (Lipinski definition) is 7. The van der Waals surface area contributed by atoms with Gasteiger partial charge in [-0.2, -0.15) is 4.98 Å². The summed E-state index contributed by atoms with van der Waals surface area (Å²) < 4.78 is 7.63. The zero-order valence-electron chi connectivity index (χ0n) is 18.8. The van der Waals surface area contributed by atoms with E-state index in [1.54, 1.807) is 10.7 Å². The van der Waals surface area contributed by atoms with E-state index in [-0.39, 0.29) is 24.5 Å². The number of nitrogens with two attached hydrogens (primary N) is 1. The lowest BCUT2D eigenvalue weighted by atomic mass is 10.1. The van der Waals surface area contributed by atoms with Gasteiger partial charge in [0.05, 0.1) is 11.9 Å². The summed E-state index contributed by atoms with van der Waals surface area (Å²) in [5, 5.41) is 13.8. The number of nitrogen functional groups attached to an aromatic ring is 1. The van der Waals surface area contributed by atoms with Crippen molar-refractivity contribution in [1.29, 1.82) is 0 Å². The van der Waals surface area contributed by atoms with E-state index in [1.807, 2.05) is 0 Å². The maximum atomic E-state index is 9.28. The van der Waals surface area contributed by atoms with Crippen molar-refractivity contribution in [2.24, 2.45) is 0 Å². The first kappa shape index (κ1) is 22.8. The third-order valence-corrected chi connectivity index (χ3v) is 5.38. The van der Waals surface area contributed by atoms with Crippen LogP contribution in [0.25, 0.3) is 5.65 Å². The lowest BCUT2D eigenvalue weighted by molar-refractivity contribution is 0.133. The van der Waals surface area contributed by atoms with E-state index in [9.17, 15) is 5.11 Å². The van der Waals surface area contributed by atoms with Crippen LogP contribution >= 0.6 is 0 Å². The largest absolute Gasteiger partial charge is 0.459 e. The van der Waals surface area contributed by atoms with Gasteiger partial charge in [0.2, 0.25) is 0 Å². The first-order valence-electron chi connectivity index (χ1n) is 11.1. The second-order valence-electron chi connectivity index (χ2n) is 7.92. The zero-order chi connectivity index (χ0) is 22.2. The van der Waals surface area contributed by atoms with Gasteiger partial charge in [-0.3, -0.25) is 0 Å². The predicted octanol–water partition coefficient (Wildman–Crippen LogP) is 3.46. The van der Waals surface area contributed by atoms with Crippen molar-refractivity contribution in [3.63, 3.8) is 0 Å².